The molecule has 2 aromatic heterocycles. The molecule has 0 unspecified atom stereocenters. The maximum atomic E-state index is 13.2. The minimum absolute atomic E-state index is 0.0755. The molecule has 12 heteroatoms. The number of thiazole rings is 2. The molecule has 0 aliphatic carbocycles. The molecule has 1 saturated heterocycles. The molecule has 3 aromatic rings. The van der Waals surface area contributed by atoms with Gasteiger partial charge in [-0.3, -0.25) is 9.59 Å². The van der Waals surface area contributed by atoms with Gasteiger partial charge in [0, 0.05) is 11.8 Å². The highest BCUT2D eigenvalue weighted by Crippen LogP contribution is 2.33. The number of benzene rings is 1. The lowest BCUT2D eigenvalue weighted by Crippen LogP contribution is -2.48. The number of likely N-dealkylation sites (tertiary alicyclic amines) is 1. The average molecular weight is 497 g/mol. The van der Waals surface area contributed by atoms with E-state index in [4.69, 9.17) is 4.74 Å². The Hall–Kier alpha value is -2.99. The number of carbonyl (C=O) groups is 2. The van der Waals surface area contributed by atoms with Crippen molar-refractivity contribution in [1.82, 2.24) is 14.9 Å². The molecule has 0 spiro atoms. The van der Waals surface area contributed by atoms with E-state index in [1.54, 1.807) is 35.7 Å². The monoisotopic (exact) mass is 496 g/mol. The van der Waals surface area contributed by atoms with E-state index in [0.29, 0.717) is 16.3 Å². The smallest absolute Gasteiger partial charge is 0.471 e. The first-order valence-electron chi connectivity index (χ1n) is 9.92. The van der Waals surface area contributed by atoms with Gasteiger partial charge in [0.15, 0.2) is 5.13 Å². The van der Waals surface area contributed by atoms with Crippen molar-refractivity contribution in [2.75, 3.05) is 11.9 Å². The van der Waals surface area contributed by atoms with Crippen LogP contribution in [0.3, 0.4) is 0 Å². The number of carbonyl (C=O) groups excluding carboxylic acids is 2. The maximum absolute atomic E-state index is 13.2. The Labute approximate surface area is 195 Å². The second-order valence-electron chi connectivity index (χ2n) is 7.43. The Bertz CT molecular complexity index is 1160. The van der Waals surface area contributed by atoms with Gasteiger partial charge in [-0.1, -0.05) is 18.2 Å². The summed E-state index contributed by atoms with van der Waals surface area (Å²) in [5, 5.41) is 5.40. The van der Waals surface area contributed by atoms with Gasteiger partial charge in [0.2, 0.25) is 5.91 Å². The van der Waals surface area contributed by atoms with Gasteiger partial charge in [-0.25, -0.2) is 9.97 Å². The highest BCUT2D eigenvalue weighted by Gasteiger charge is 2.50. The van der Waals surface area contributed by atoms with E-state index >= 15 is 0 Å². The first-order valence-corrected chi connectivity index (χ1v) is 11.6. The van der Waals surface area contributed by atoms with Crippen molar-refractivity contribution in [2.45, 2.75) is 38.6 Å². The Morgan fingerprint density at radius 2 is 1.91 bits per heavy atom. The summed E-state index contributed by atoms with van der Waals surface area (Å²) < 4.78 is 45.2. The lowest BCUT2D eigenvalue weighted by Gasteiger charge is -2.24. The third-order valence-corrected chi connectivity index (χ3v) is 6.84. The number of aryl methyl sites for hydroxylation is 2. The van der Waals surface area contributed by atoms with Gasteiger partial charge in [-0.05, 0) is 26.0 Å². The van der Waals surface area contributed by atoms with Crippen LogP contribution in [0.2, 0.25) is 0 Å². The molecular formula is C21H19F3N4O3S2. The third kappa shape index (κ3) is 5.17. The van der Waals surface area contributed by atoms with Crippen molar-refractivity contribution in [3.8, 4) is 16.3 Å². The molecule has 1 N–H and O–H groups in total. The van der Waals surface area contributed by atoms with Crippen LogP contribution in [0.5, 0.6) is 5.75 Å². The van der Waals surface area contributed by atoms with E-state index in [2.05, 4.69) is 15.3 Å². The normalized spacial score (nSPS) is 18.4. The number of alkyl halides is 3. The number of amides is 2. The van der Waals surface area contributed by atoms with E-state index < -0.39 is 30.1 Å². The van der Waals surface area contributed by atoms with Crippen LogP contribution in [0.25, 0.3) is 10.6 Å². The summed E-state index contributed by atoms with van der Waals surface area (Å²) in [6, 6.07) is 7.19. The number of nitrogens with zero attached hydrogens (tertiary/aromatic N) is 3. The van der Waals surface area contributed by atoms with Gasteiger partial charge in [0.05, 0.1) is 27.8 Å². The number of halogens is 3. The average Bonchev–Trinajstić information content (AvgIpc) is 3.46. The fourth-order valence-corrected chi connectivity index (χ4v) is 5.26. The number of nitrogens with one attached hydrogen (secondary N) is 1. The van der Waals surface area contributed by atoms with E-state index in [1.807, 2.05) is 13.8 Å². The number of ether oxygens (including phenoxy) is 1. The van der Waals surface area contributed by atoms with E-state index in [-0.39, 0.29) is 18.1 Å². The van der Waals surface area contributed by atoms with Crippen LogP contribution in [0.4, 0.5) is 18.3 Å². The van der Waals surface area contributed by atoms with Crippen LogP contribution in [0.1, 0.15) is 17.1 Å². The minimum atomic E-state index is -5.10. The zero-order valence-corrected chi connectivity index (χ0v) is 19.2. The highest BCUT2D eigenvalue weighted by molar-refractivity contribution is 7.16. The van der Waals surface area contributed by atoms with Gasteiger partial charge in [0.1, 0.15) is 17.9 Å². The Kier molecular flexibility index (Phi) is 6.39. The SMILES string of the molecule is Cc1nc(C)c(-c2csc(NC(=O)[C@@H]3C[C@@H](Oc4ccccc4)CN3C(=O)C(F)(F)F)n2)s1. The zero-order chi connectivity index (χ0) is 23.8. The van der Waals surface area contributed by atoms with Gasteiger partial charge < -0.3 is 15.0 Å². The molecule has 1 fully saturated rings. The van der Waals surface area contributed by atoms with E-state index in [9.17, 15) is 22.8 Å². The second-order valence-corrected chi connectivity index (χ2v) is 9.50. The number of para-hydroxylation sites is 1. The summed E-state index contributed by atoms with van der Waals surface area (Å²) in [6.45, 7) is 3.37. The summed E-state index contributed by atoms with van der Waals surface area (Å²) in [7, 11) is 0. The van der Waals surface area contributed by atoms with Crippen molar-refractivity contribution < 1.29 is 27.5 Å². The van der Waals surface area contributed by atoms with Crippen LogP contribution in [0.15, 0.2) is 35.7 Å². The topological polar surface area (TPSA) is 84.4 Å². The van der Waals surface area contributed by atoms with Gasteiger partial charge in [-0.2, -0.15) is 13.2 Å². The molecular weight excluding hydrogens is 477 g/mol. The second kappa shape index (κ2) is 9.10. The molecule has 0 radical (unpaired) electrons. The van der Waals surface area contributed by atoms with Crippen LogP contribution in [-0.2, 0) is 9.59 Å². The minimum Gasteiger partial charge on any atom is -0.488 e. The summed E-state index contributed by atoms with van der Waals surface area (Å²) >= 11 is 2.61. The van der Waals surface area contributed by atoms with Crippen molar-refractivity contribution in [3.63, 3.8) is 0 Å². The Morgan fingerprint density at radius 1 is 1.18 bits per heavy atom. The van der Waals surface area contributed by atoms with Crippen molar-refractivity contribution in [2.24, 2.45) is 0 Å². The van der Waals surface area contributed by atoms with Crippen LogP contribution in [0, 0.1) is 13.8 Å². The molecule has 2 amide bonds. The predicted octanol–water partition coefficient (Wildman–Crippen LogP) is 4.43. The van der Waals surface area contributed by atoms with Crippen LogP contribution in [-0.4, -0.2) is 51.5 Å². The summed E-state index contributed by atoms with van der Waals surface area (Å²) in [5.41, 5.74) is 1.43. The molecule has 1 aliphatic rings. The molecule has 0 bridgehead atoms. The van der Waals surface area contributed by atoms with Crippen LogP contribution >= 0.6 is 22.7 Å². The van der Waals surface area contributed by atoms with Gasteiger partial charge in [0.25, 0.3) is 0 Å². The van der Waals surface area contributed by atoms with Gasteiger partial charge in [-0.15, -0.1) is 22.7 Å². The van der Waals surface area contributed by atoms with Crippen molar-refractivity contribution in [3.05, 3.63) is 46.4 Å². The quantitative estimate of drug-likeness (QED) is 0.565. The molecule has 33 heavy (non-hydrogen) atoms. The maximum Gasteiger partial charge on any atom is 0.471 e. The number of aromatic nitrogens is 2. The first-order chi connectivity index (χ1) is 15.6. The third-order valence-electron chi connectivity index (χ3n) is 4.99. The van der Waals surface area contributed by atoms with Crippen LogP contribution < -0.4 is 10.1 Å². The molecule has 2 atom stereocenters. The lowest BCUT2D eigenvalue weighted by molar-refractivity contribution is -0.186. The highest BCUT2D eigenvalue weighted by atomic mass is 32.1. The van der Waals surface area contributed by atoms with E-state index in [0.717, 1.165) is 26.9 Å². The molecule has 174 valence electrons. The number of anilines is 1. The molecule has 4 rings (SSSR count). The summed E-state index contributed by atoms with van der Waals surface area (Å²) in [6.07, 6.45) is -5.94. The predicted molar refractivity (Wildman–Crippen MR) is 118 cm³/mol. The first kappa shape index (κ1) is 23.2. The number of hydrogen-bond acceptors (Lipinski definition) is 7. The van der Waals surface area contributed by atoms with Crippen molar-refractivity contribution >= 4 is 39.6 Å². The van der Waals surface area contributed by atoms with Gasteiger partial charge >= 0.3 is 12.1 Å². The Balaban J connectivity index is 1.51. The fraction of sp³-hybridized carbons (Fsp3) is 0.333. The lowest BCUT2D eigenvalue weighted by atomic mass is 10.2. The number of rotatable bonds is 5. The molecule has 1 aromatic carbocycles. The Morgan fingerprint density at radius 3 is 2.55 bits per heavy atom. The molecule has 7 nitrogen and oxygen atoms in total. The van der Waals surface area contributed by atoms with Crippen molar-refractivity contribution in [1.29, 1.82) is 0 Å². The summed E-state index contributed by atoms with van der Waals surface area (Å²) in [5.74, 6) is -2.37. The molecule has 0 saturated carbocycles. The molecule has 3 heterocycles. The summed E-state index contributed by atoms with van der Waals surface area (Å²) in [4.78, 5) is 35.0. The fourth-order valence-electron chi connectivity index (χ4n) is 3.60. The van der Waals surface area contributed by atoms with E-state index in [1.165, 1.54) is 11.3 Å². The molecule has 1 aliphatic heterocycles. The standard InChI is InChI=1S/C21H19F3N4O3S2/c1-11-17(33-12(2)25-11)15-10-32-20(26-15)27-18(29)16-8-14(31-13-6-4-3-5-7-13)9-28(16)19(30)21(22,23)24/h3-7,10,14,16H,8-9H2,1-2H3,(H,26,27,29)/t14-,16+/m1/s1. The largest absolute Gasteiger partial charge is 0.488 e. The zero-order valence-electron chi connectivity index (χ0n) is 17.5. The number of hydrogen-bond donors (Lipinski definition) is 1.